The van der Waals surface area contributed by atoms with Crippen molar-refractivity contribution in [2.75, 3.05) is 4.90 Å². The van der Waals surface area contributed by atoms with Crippen molar-refractivity contribution in [1.82, 2.24) is 4.57 Å². The van der Waals surface area contributed by atoms with Crippen LogP contribution in [0.1, 0.15) is 0 Å². The van der Waals surface area contributed by atoms with Gasteiger partial charge in [0, 0.05) is 33.4 Å². The molecule has 0 bridgehead atoms. The maximum atomic E-state index is 2.42. The highest BCUT2D eigenvalue weighted by molar-refractivity contribution is 6.09. The standard InChI is InChI=1S/C54H38N2/c1-3-16-39(17-4-1)40-30-34-44(35-31-40)55(45-36-32-42(33-37-45)48-23-8-7-22-47(48)41-18-5-2-6-19-41)46-21-15-20-43(38-46)49-24-9-12-27-52(49)56-53-28-13-10-25-50(53)51-26-11-14-29-54(51)56/h1-38H. The summed E-state index contributed by atoms with van der Waals surface area (Å²) < 4.78 is 2.42. The largest absolute Gasteiger partial charge is 0.310 e. The Balaban J connectivity index is 1.10. The van der Waals surface area contributed by atoms with E-state index in [2.05, 4.69) is 240 Å². The zero-order chi connectivity index (χ0) is 37.3. The molecule has 0 aliphatic carbocycles. The van der Waals surface area contributed by atoms with Gasteiger partial charge in [-0.3, -0.25) is 0 Å². The van der Waals surface area contributed by atoms with E-state index in [4.69, 9.17) is 0 Å². The third kappa shape index (κ3) is 6.04. The van der Waals surface area contributed by atoms with Crippen LogP contribution in [-0.2, 0) is 0 Å². The second-order valence-corrected chi connectivity index (χ2v) is 14.1. The number of aromatic nitrogens is 1. The summed E-state index contributed by atoms with van der Waals surface area (Å²) in [6.45, 7) is 0. The van der Waals surface area contributed by atoms with Gasteiger partial charge in [0.05, 0.1) is 16.7 Å². The van der Waals surface area contributed by atoms with Crippen molar-refractivity contribution in [2.24, 2.45) is 0 Å². The monoisotopic (exact) mass is 714 g/mol. The molecule has 10 aromatic rings. The molecule has 0 spiro atoms. The fourth-order valence-corrected chi connectivity index (χ4v) is 8.18. The molecule has 0 unspecified atom stereocenters. The van der Waals surface area contributed by atoms with Gasteiger partial charge in [0.1, 0.15) is 0 Å². The predicted molar refractivity (Wildman–Crippen MR) is 237 cm³/mol. The van der Waals surface area contributed by atoms with Crippen molar-refractivity contribution in [2.45, 2.75) is 0 Å². The first-order valence-corrected chi connectivity index (χ1v) is 19.2. The molecule has 0 aliphatic heterocycles. The molecule has 2 nitrogen and oxygen atoms in total. The third-order valence-electron chi connectivity index (χ3n) is 10.8. The van der Waals surface area contributed by atoms with Crippen molar-refractivity contribution in [1.29, 1.82) is 0 Å². The fraction of sp³-hybridized carbons (Fsp3) is 0. The summed E-state index contributed by atoms with van der Waals surface area (Å²) in [6.07, 6.45) is 0. The Hall–Kier alpha value is -7.42. The first-order chi connectivity index (χ1) is 27.8. The Labute approximate surface area is 327 Å². The Morgan fingerprint density at radius 1 is 0.268 bits per heavy atom. The molecule has 1 heterocycles. The van der Waals surface area contributed by atoms with E-state index in [9.17, 15) is 0 Å². The van der Waals surface area contributed by atoms with Gasteiger partial charge >= 0.3 is 0 Å². The molecule has 1 aromatic heterocycles. The molecule has 0 radical (unpaired) electrons. The van der Waals surface area contributed by atoms with Crippen LogP contribution in [0.3, 0.4) is 0 Å². The highest BCUT2D eigenvalue weighted by Gasteiger charge is 2.18. The molecule has 2 heteroatoms. The van der Waals surface area contributed by atoms with Crippen molar-refractivity contribution in [3.63, 3.8) is 0 Å². The average molecular weight is 715 g/mol. The van der Waals surface area contributed by atoms with Crippen LogP contribution in [0, 0.1) is 0 Å². The molecule has 264 valence electrons. The molecule has 0 aliphatic rings. The summed E-state index contributed by atoms with van der Waals surface area (Å²) in [6, 6.07) is 83.0. The molecule has 0 atom stereocenters. The quantitative estimate of drug-likeness (QED) is 0.152. The van der Waals surface area contributed by atoms with Gasteiger partial charge in [-0.15, -0.1) is 0 Å². The maximum Gasteiger partial charge on any atom is 0.0541 e. The van der Waals surface area contributed by atoms with Crippen LogP contribution in [0.2, 0.25) is 0 Å². The minimum atomic E-state index is 1.09. The molecule has 0 fully saturated rings. The van der Waals surface area contributed by atoms with Crippen LogP contribution >= 0.6 is 0 Å². The van der Waals surface area contributed by atoms with E-state index < -0.39 is 0 Å². The van der Waals surface area contributed by atoms with E-state index in [-0.39, 0.29) is 0 Å². The smallest absolute Gasteiger partial charge is 0.0541 e. The predicted octanol–water partition coefficient (Wildman–Crippen LogP) is 14.9. The SMILES string of the molecule is c1ccc(-c2ccc(N(c3ccc(-c4ccccc4-c4ccccc4)cc3)c3cccc(-c4ccccc4-n4c5ccccc5c5ccccc54)c3)cc2)cc1. The minimum absolute atomic E-state index is 1.09. The Morgan fingerprint density at radius 3 is 1.30 bits per heavy atom. The topological polar surface area (TPSA) is 8.17 Å². The van der Waals surface area contributed by atoms with Gasteiger partial charge in [-0.1, -0.05) is 176 Å². The molecule has 56 heavy (non-hydrogen) atoms. The summed E-state index contributed by atoms with van der Waals surface area (Å²) >= 11 is 0. The second kappa shape index (κ2) is 14.4. The zero-order valence-electron chi connectivity index (χ0n) is 30.8. The Kier molecular flexibility index (Phi) is 8.55. The Bertz CT molecular complexity index is 2890. The molecule has 0 saturated carbocycles. The number of rotatable bonds is 8. The number of anilines is 3. The number of nitrogens with zero attached hydrogens (tertiary/aromatic N) is 2. The van der Waals surface area contributed by atoms with Crippen molar-refractivity contribution < 1.29 is 0 Å². The van der Waals surface area contributed by atoms with Gasteiger partial charge in [0.25, 0.3) is 0 Å². The van der Waals surface area contributed by atoms with E-state index in [1.54, 1.807) is 0 Å². The van der Waals surface area contributed by atoms with Gasteiger partial charge < -0.3 is 9.47 Å². The highest BCUT2D eigenvalue weighted by Crippen LogP contribution is 2.41. The van der Waals surface area contributed by atoms with Crippen molar-refractivity contribution in [3.8, 4) is 50.2 Å². The fourth-order valence-electron chi connectivity index (χ4n) is 8.18. The average Bonchev–Trinajstić information content (AvgIpc) is 3.62. The first-order valence-electron chi connectivity index (χ1n) is 19.2. The second-order valence-electron chi connectivity index (χ2n) is 14.1. The maximum absolute atomic E-state index is 2.42. The normalized spacial score (nSPS) is 11.2. The number of fused-ring (bicyclic) bond motifs is 3. The lowest BCUT2D eigenvalue weighted by atomic mass is 9.94. The third-order valence-corrected chi connectivity index (χ3v) is 10.8. The number of benzene rings is 9. The van der Waals surface area contributed by atoms with Gasteiger partial charge in [-0.25, -0.2) is 0 Å². The number of hydrogen-bond acceptors (Lipinski definition) is 1. The van der Waals surface area contributed by atoms with Gasteiger partial charge in [-0.05, 0) is 93.5 Å². The summed E-state index contributed by atoms with van der Waals surface area (Å²) in [7, 11) is 0. The van der Waals surface area contributed by atoms with E-state index in [1.165, 1.54) is 60.8 Å². The summed E-state index contributed by atoms with van der Waals surface area (Å²) in [5.74, 6) is 0. The van der Waals surface area contributed by atoms with Gasteiger partial charge in [0.2, 0.25) is 0 Å². The van der Waals surface area contributed by atoms with Crippen molar-refractivity contribution in [3.05, 3.63) is 231 Å². The van der Waals surface area contributed by atoms with E-state index in [1.807, 2.05) is 0 Å². The van der Waals surface area contributed by atoms with E-state index in [0.29, 0.717) is 0 Å². The summed E-state index contributed by atoms with van der Waals surface area (Å²) in [5.41, 5.74) is 16.4. The van der Waals surface area contributed by atoms with E-state index >= 15 is 0 Å². The molecule has 9 aromatic carbocycles. The van der Waals surface area contributed by atoms with Crippen LogP contribution in [0.25, 0.3) is 72.0 Å². The van der Waals surface area contributed by atoms with Crippen molar-refractivity contribution >= 4 is 38.9 Å². The van der Waals surface area contributed by atoms with Crippen LogP contribution in [0.15, 0.2) is 231 Å². The minimum Gasteiger partial charge on any atom is -0.310 e. The summed E-state index contributed by atoms with van der Waals surface area (Å²) in [4.78, 5) is 2.37. The van der Waals surface area contributed by atoms with Gasteiger partial charge in [0.15, 0.2) is 0 Å². The van der Waals surface area contributed by atoms with Crippen LogP contribution in [0.4, 0.5) is 17.1 Å². The molecule has 0 N–H and O–H groups in total. The number of para-hydroxylation sites is 3. The lowest BCUT2D eigenvalue weighted by Crippen LogP contribution is -2.10. The molecular weight excluding hydrogens is 677 g/mol. The number of hydrogen-bond donors (Lipinski definition) is 0. The molecule has 0 amide bonds. The first kappa shape index (κ1) is 33.2. The zero-order valence-corrected chi connectivity index (χ0v) is 30.8. The lowest BCUT2D eigenvalue weighted by molar-refractivity contribution is 1.18. The molecule has 0 saturated heterocycles. The lowest BCUT2D eigenvalue weighted by Gasteiger charge is -2.27. The van der Waals surface area contributed by atoms with E-state index in [0.717, 1.165) is 28.3 Å². The van der Waals surface area contributed by atoms with Crippen LogP contribution < -0.4 is 4.90 Å². The summed E-state index contributed by atoms with van der Waals surface area (Å²) in [5, 5.41) is 2.51. The van der Waals surface area contributed by atoms with Gasteiger partial charge in [-0.2, -0.15) is 0 Å². The van der Waals surface area contributed by atoms with Crippen LogP contribution in [-0.4, -0.2) is 4.57 Å². The Morgan fingerprint density at radius 2 is 0.696 bits per heavy atom. The molecular formula is C54H38N2. The van der Waals surface area contributed by atoms with Crippen LogP contribution in [0.5, 0.6) is 0 Å². The molecule has 10 rings (SSSR count). The highest BCUT2D eigenvalue weighted by atomic mass is 15.1.